The summed E-state index contributed by atoms with van der Waals surface area (Å²) in [5.74, 6) is 0.954. The summed E-state index contributed by atoms with van der Waals surface area (Å²) < 4.78 is 5.81. The quantitative estimate of drug-likeness (QED) is 0.843. The molecule has 0 aromatic heterocycles. The highest BCUT2D eigenvalue weighted by atomic mass is 16.5. The molecule has 1 aliphatic rings. The van der Waals surface area contributed by atoms with Gasteiger partial charge in [0.25, 0.3) is 0 Å². The predicted octanol–water partition coefficient (Wildman–Crippen LogP) is 3.19. The zero-order chi connectivity index (χ0) is 15.4. The van der Waals surface area contributed by atoms with Crippen molar-refractivity contribution in [1.29, 1.82) is 0 Å². The Hall–Kier alpha value is -2.00. The zero-order valence-electron chi connectivity index (χ0n) is 13.5. The first-order valence-corrected chi connectivity index (χ1v) is 7.92. The van der Waals surface area contributed by atoms with Crippen molar-refractivity contribution in [2.75, 3.05) is 38.7 Å². The maximum Gasteiger partial charge on any atom is 0.119 e. The smallest absolute Gasteiger partial charge is 0.119 e. The van der Waals surface area contributed by atoms with Crippen LogP contribution in [-0.4, -0.2) is 38.7 Å². The van der Waals surface area contributed by atoms with Crippen LogP contribution in [0, 0.1) is 0 Å². The Balaban J connectivity index is 1.56. The molecule has 0 spiro atoms. The Morgan fingerprint density at radius 1 is 1.05 bits per heavy atom. The summed E-state index contributed by atoms with van der Waals surface area (Å²) in [5, 5.41) is 0. The number of anilines is 1. The molecular weight excluding hydrogens is 272 g/mol. The third-order valence-electron chi connectivity index (χ3n) is 4.22. The van der Waals surface area contributed by atoms with E-state index in [4.69, 9.17) is 4.74 Å². The van der Waals surface area contributed by atoms with Crippen LogP contribution in [0.2, 0.25) is 0 Å². The number of fused-ring (bicyclic) bond motifs is 1. The monoisotopic (exact) mass is 296 g/mol. The van der Waals surface area contributed by atoms with Gasteiger partial charge in [-0.2, -0.15) is 0 Å². The fourth-order valence-corrected chi connectivity index (χ4v) is 2.88. The van der Waals surface area contributed by atoms with Gasteiger partial charge in [-0.05, 0) is 41.8 Å². The van der Waals surface area contributed by atoms with Crippen LogP contribution in [0.25, 0.3) is 0 Å². The SMILES string of the molecule is CN(C)c1ccc2c(c1)CN(CCOc1ccccc1)CC2. The van der Waals surface area contributed by atoms with Crippen LogP contribution in [0.3, 0.4) is 0 Å². The Bertz CT molecular complexity index is 610. The standard InChI is InChI=1S/C19H24N2O/c1-20(2)18-9-8-16-10-11-21(15-17(16)14-18)12-13-22-19-6-4-3-5-7-19/h3-9,14H,10-13,15H2,1-2H3. The van der Waals surface area contributed by atoms with Crippen molar-refractivity contribution in [3.8, 4) is 5.75 Å². The van der Waals surface area contributed by atoms with Crippen molar-refractivity contribution >= 4 is 5.69 Å². The first-order chi connectivity index (χ1) is 10.7. The minimum absolute atomic E-state index is 0.743. The lowest BCUT2D eigenvalue weighted by atomic mass is 9.99. The molecule has 0 saturated heterocycles. The lowest BCUT2D eigenvalue weighted by Crippen LogP contribution is -2.34. The van der Waals surface area contributed by atoms with Gasteiger partial charge >= 0.3 is 0 Å². The zero-order valence-corrected chi connectivity index (χ0v) is 13.5. The third kappa shape index (κ3) is 3.60. The van der Waals surface area contributed by atoms with E-state index in [-0.39, 0.29) is 0 Å². The van der Waals surface area contributed by atoms with Gasteiger partial charge in [0, 0.05) is 39.4 Å². The summed E-state index contributed by atoms with van der Waals surface area (Å²) in [6, 6.07) is 16.9. The predicted molar refractivity (Wildman–Crippen MR) is 91.7 cm³/mol. The van der Waals surface area contributed by atoms with Crippen molar-refractivity contribution in [2.24, 2.45) is 0 Å². The summed E-state index contributed by atoms with van der Waals surface area (Å²) >= 11 is 0. The van der Waals surface area contributed by atoms with Crippen molar-refractivity contribution < 1.29 is 4.74 Å². The van der Waals surface area contributed by atoms with Gasteiger partial charge in [-0.1, -0.05) is 24.3 Å². The molecule has 0 saturated carbocycles. The molecular formula is C19H24N2O. The molecule has 2 aromatic rings. The van der Waals surface area contributed by atoms with E-state index in [1.54, 1.807) is 0 Å². The molecule has 1 aliphatic heterocycles. The van der Waals surface area contributed by atoms with Crippen molar-refractivity contribution in [1.82, 2.24) is 4.90 Å². The first-order valence-electron chi connectivity index (χ1n) is 7.92. The highest BCUT2D eigenvalue weighted by Gasteiger charge is 2.16. The number of nitrogens with zero attached hydrogens (tertiary/aromatic N) is 2. The van der Waals surface area contributed by atoms with Crippen molar-refractivity contribution in [3.05, 3.63) is 59.7 Å². The second-order valence-electron chi connectivity index (χ2n) is 6.04. The lowest BCUT2D eigenvalue weighted by molar-refractivity contribution is 0.196. The molecule has 0 N–H and O–H groups in total. The van der Waals surface area contributed by atoms with E-state index < -0.39 is 0 Å². The Morgan fingerprint density at radius 2 is 1.86 bits per heavy atom. The number of para-hydroxylation sites is 1. The number of rotatable bonds is 5. The summed E-state index contributed by atoms with van der Waals surface area (Å²) in [5.41, 5.74) is 4.23. The molecule has 3 nitrogen and oxygen atoms in total. The summed E-state index contributed by atoms with van der Waals surface area (Å²) in [6.45, 7) is 3.86. The van der Waals surface area contributed by atoms with E-state index in [0.29, 0.717) is 0 Å². The van der Waals surface area contributed by atoms with Gasteiger partial charge in [-0.25, -0.2) is 0 Å². The maximum absolute atomic E-state index is 5.81. The van der Waals surface area contributed by atoms with Gasteiger partial charge in [0.1, 0.15) is 12.4 Å². The summed E-state index contributed by atoms with van der Waals surface area (Å²) in [4.78, 5) is 4.64. The molecule has 0 amide bonds. The van der Waals surface area contributed by atoms with Crippen molar-refractivity contribution in [2.45, 2.75) is 13.0 Å². The molecule has 3 heteroatoms. The molecule has 3 rings (SSSR count). The average molecular weight is 296 g/mol. The highest BCUT2D eigenvalue weighted by molar-refractivity contribution is 5.50. The molecule has 1 heterocycles. The van der Waals surface area contributed by atoms with E-state index in [1.807, 2.05) is 30.3 Å². The van der Waals surface area contributed by atoms with Crippen LogP contribution < -0.4 is 9.64 Å². The molecule has 22 heavy (non-hydrogen) atoms. The fraction of sp³-hybridized carbons (Fsp3) is 0.368. The van der Waals surface area contributed by atoms with E-state index in [0.717, 1.165) is 38.4 Å². The molecule has 0 unspecified atom stereocenters. The molecule has 2 aromatic carbocycles. The van der Waals surface area contributed by atoms with Gasteiger partial charge in [0.05, 0.1) is 0 Å². The van der Waals surface area contributed by atoms with Gasteiger partial charge in [-0.3, -0.25) is 4.90 Å². The first kappa shape index (κ1) is 14.9. The fourth-order valence-electron chi connectivity index (χ4n) is 2.88. The Labute approximate surface area is 133 Å². The topological polar surface area (TPSA) is 15.7 Å². The Morgan fingerprint density at radius 3 is 2.64 bits per heavy atom. The molecule has 0 fully saturated rings. The van der Waals surface area contributed by atoms with Crippen LogP contribution >= 0.6 is 0 Å². The number of hydrogen-bond acceptors (Lipinski definition) is 3. The van der Waals surface area contributed by atoms with Crippen LogP contribution in [0.4, 0.5) is 5.69 Å². The lowest BCUT2D eigenvalue weighted by Gasteiger charge is -2.29. The van der Waals surface area contributed by atoms with Crippen LogP contribution in [0.15, 0.2) is 48.5 Å². The number of hydrogen-bond donors (Lipinski definition) is 0. The van der Waals surface area contributed by atoms with E-state index in [9.17, 15) is 0 Å². The third-order valence-corrected chi connectivity index (χ3v) is 4.22. The molecule has 0 radical (unpaired) electrons. The summed E-state index contributed by atoms with van der Waals surface area (Å²) in [6.07, 6.45) is 1.13. The van der Waals surface area contributed by atoms with Gasteiger partial charge in [-0.15, -0.1) is 0 Å². The number of ether oxygens (including phenoxy) is 1. The minimum Gasteiger partial charge on any atom is -0.492 e. The number of benzene rings is 2. The molecule has 0 atom stereocenters. The second kappa shape index (κ2) is 6.84. The molecule has 116 valence electrons. The van der Waals surface area contributed by atoms with Crippen LogP contribution in [0.5, 0.6) is 5.75 Å². The van der Waals surface area contributed by atoms with Gasteiger partial charge < -0.3 is 9.64 Å². The van der Waals surface area contributed by atoms with Gasteiger partial charge in [0.2, 0.25) is 0 Å². The molecule has 0 bridgehead atoms. The van der Waals surface area contributed by atoms with Gasteiger partial charge in [0.15, 0.2) is 0 Å². The summed E-state index contributed by atoms with van der Waals surface area (Å²) in [7, 11) is 4.19. The largest absolute Gasteiger partial charge is 0.492 e. The van der Waals surface area contributed by atoms with E-state index >= 15 is 0 Å². The normalized spacial score (nSPS) is 14.5. The van der Waals surface area contributed by atoms with Crippen LogP contribution in [-0.2, 0) is 13.0 Å². The minimum atomic E-state index is 0.743. The van der Waals surface area contributed by atoms with E-state index in [1.165, 1.54) is 16.8 Å². The molecule has 0 aliphatic carbocycles. The Kier molecular flexibility index (Phi) is 4.64. The maximum atomic E-state index is 5.81. The highest BCUT2D eigenvalue weighted by Crippen LogP contribution is 2.23. The van der Waals surface area contributed by atoms with E-state index in [2.05, 4.69) is 42.1 Å². The van der Waals surface area contributed by atoms with Crippen molar-refractivity contribution in [3.63, 3.8) is 0 Å². The average Bonchev–Trinajstić information content (AvgIpc) is 2.55. The van der Waals surface area contributed by atoms with Crippen LogP contribution in [0.1, 0.15) is 11.1 Å². The second-order valence-corrected chi connectivity index (χ2v) is 6.04.